The summed E-state index contributed by atoms with van der Waals surface area (Å²) in [5.74, 6) is 0. The second-order valence-electron chi connectivity index (χ2n) is 12.4. The molecule has 230 valence electrons. The van der Waals surface area contributed by atoms with Gasteiger partial charge in [-0.15, -0.1) is 11.3 Å². The summed E-state index contributed by atoms with van der Waals surface area (Å²) >= 11 is 1.85. The van der Waals surface area contributed by atoms with Gasteiger partial charge in [0.05, 0.1) is 16.6 Å². The Morgan fingerprint density at radius 2 is 1.06 bits per heavy atom. The van der Waals surface area contributed by atoms with Gasteiger partial charge in [-0.25, -0.2) is 0 Å². The summed E-state index contributed by atoms with van der Waals surface area (Å²) in [5.41, 5.74) is 10.3. The number of pyridine rings is 1. The number of benzene rings is 7. The van der Waals surface area contributed by atoms with E-state index in [1.54, 1.807) is 0 Å². The third-order valence-electron chi connectivity index (χ3n) is 9.61. The first kappa shape index (κ1) is 27.8. The van der Waals surface area contributed by atoms with Gasteiger partial charge in [-0.3, -0.25) is 4.98 Å². The minimum atomic E-state index is 1.03. The maximum absolute atomic E-state index is 4.84. The highest BCUT2D eigenvalue weighted by atomic mass is 32.1. The van der Waals surface area contributed by atoms with Crippen molar-refractivity contribution in [1.82, 2.24) is 9.55 Å². The lowest BCUT2D eigenvalue weighted by Gasteiger charge is -2.26. The number of aromatic nitrogens is 2. The van der Waals surface area contributed by atoms with Crippen molar-refractivity contribution >= 4 is 81.3 Å². The van der Waals surface area contributed by atoms with Crippen molar-refractivity contribution < 1.29 is 0 Å². The molecule has 0 saturated heterocycles. The minimum absolute atomic E-state index is 1.03. The Morgan fingerprint density at radius 1 is 0.449 bits per heavy atom. The number of para-hydroxylation sites is 3. The van der Waals surface area contributed by atoms with E-state index in [0.717, 1.165) is 28.3 Å². The highest BCUT2D eigenvalue weighted by molar-refractivity contribution is 7.26. The molecule has 7 aromatic carbocycles. The summed E-state index contributed by atoms with van der Waals surface area (Å²) < 4.78 is 4.92. The van der Waals surface area contributed by atoms with Gasteiger partial charge in [-0.2, -0.15) is 0 Å². The van der Waals surface area contributed by atoms with Gasteiger partial charge in [0.2, 0.25) is 0 Å². The van der Waals surface area contributed by atoms with Gasteiger partial charge in [0.25, 0.3) is 0 Å². The van der Waals surface area contributed by atoms with Crippen LogP contribution in [0.1, 0.15) is 0 Å². The van der Waals surface area contributed by atoms with Gasteiger partial charge in [-0.05, 0) is 83.9 Å². The lowest BCUT2D eigenvalue weighted by atomic mass is 10.0. The van der Waals surface area contributed by atoms with Gasteiger partial charge in [0.15, 0.2) is 0 Å². The van der Waals surface area contributed by atoms with E-state index in [-0.39, 0.29) is 0 Å². The van der Waals surface area contributed by atoms with Crippen molar-refractivity contribution in [1.29, 1.82) is 0 Å². The van der Waals surface area contributed by atoms with E-state index in [9.17, 15) is 0 Å². The molecule has 3 aromatic heterocycles. The predicted molar refractivity (Wildman–Crippen MR) is 209 cm³/mol. The van der Waals surface area contributed by atoms with Crippen molar-refractivity contribution in [3.05, 3.63) is 176 Å². The molecular weight excluding hydrogens is 615 g/mol. The molecule has 10 rings (SSSR count). The molecule has 0 spiro atoms. The number of hydrogen-bond donors (Lipinski definition) is 0. The van der Waals surface area contributed by atoms with Crippen molar-refractivity contribution in [2.24, 2.45) is 0 Å². The first-order valence-corrected chi connectivity index (χ1v) is 17.4. The average Bonchev–Trinajstić information content (AvgIpc) is 3.71. The lowest BCUT2D eigenvalue weighted by molar-refractivity contribution is 1.18. The van der Waals surface area contributed by atoms with Gasteiger partial charge < -0.3 is 9.47 Å². The molecule has 0 amide bonds. The smallest absolute Gasteiger partial charge is 0.0716 e. The first-order chi connectivity index (χ1) is 24.3. The van der Waals surface area contributed by atoms with Crippen LogP contribution < -0.4 is 4.90 Å². The fourth-order valence-corrected chi connectivity index (χ4v) is 8.51. The average molecular weight is 644 g/mol. The zero-order valence-corrected chi connectivity index (χ0v) is 27.3. The number of thiophene rings is 1. The van der Waals surface area contributed by atoms with E-state index < -0.39 is 0 Å². The third-order valence-corrected chi connectivity index (χ3v) is 10.8. The molecular formula is C45H29N3S. The van der Waals surface area contributed by atoms with Crippen LogP contribution in [0.25, 0.3) is 69.7 Å². The molecule has 0 atom stereocenters. The van der Waals surface area contributed by atoms with Gasteiger partial charge in [-0.1, -0.05) is 97.1 Å². The second-order valence-corrected chi connectivity index (χ2v) is 13.5. The molecule has 49 heavy (non-hydrogen) atoms. The number of rotatable bonds is 5. The number of hydrogen-bond acceptors (Lipinski definition) is 3. The fraction of sp³-hybridized carbons (Fsp3) is 0. The molecule has 0 saturated carbocycles. The van der Waals surface area contributed by atoms with E-state index in [1.165, 1.54) is 58.5 Å². The van der Waals surface area contributed by atoms with E-state index in [1.807, 2.05) is 17.5 Å². The monoisotopic (exact) mass is 643 g/mol. The van der Waals surface area contributed by atoms with Gasteiger partial charge >= 0.3 is 0 Å². The quantitative estimate of drug-likeness (QED) is 0.186. The van der Waals surface area contributed by atoms with E-state index in [4.69, 9.17) is 4.98 Å². The van der Waals surface area contributed by atoms with Crippen LogP contribution in [0.2, 0.25) is 0 Å². The Bertz CT molecular complexity index is 2820. The SMILES string of the molecule is c1ccc(-c2ccc(N(c3ccc4sc5c6ccccc6ncc5c4c3)c3ccc4c(c3)c3ccccc3n4-c3ccccc3)cc2)cc1. The van der Waals surface area contributed by atoms with E-state index in [2.05, 4.69) is 179 Å². The molecule has 0 N–H and O–H groups in total. The Hall–Kier alpha value is -6.23. The van der Waals surface area contributed by atoms with Crippen LogP contribution in [-0.4, -0.2) is 9.55 Å². The summed E-state index contributed by atoms with van der Waals surface area (Å²) in [7, 11) is 0. The van der Waals surface area contributed by atoms with Crippen LogP contribution in [0.3, 0.4) is 0 Å². The topological polar surface area (TPSA) is 21.1 Å². The maximum atomic E-state index is 4.84. The molecule has 0 aliphatic rings. The molecule has 3 nitrogen and oxygen atoms in total. The standard InChI is InChI=1S/C45H29N3S/c1-3-11-30(12-4-1)31-19-21-33(22-20-31)47(35-24-26-44-39(28-35)40-29-46-41-17-9-7-16-37(41)45(40)49-44)34-23-25-43-38(27-34)36-15-8-10-18-42(36)48(43)32-13-5-2-6-14-32/h1-29H. The summed E-state index contributed by atoms with van der Waals surface area (Å²) in [6, 6.07) is 61.1. The van der Waals surface area contributed by atoms with Crippen molar-refractivity contribution in [2.45, 2.75) is 0 Å². The minimum Gasteiger partial charge on any atom is -0.310 e. The molecule has 0 fully saturated rings. The van der Waals surface area contributed by atoms with Crippen LogP contribution in [0.15, 0.2) is 176 Å². The summed E-state index contributed by atoms with van der Waals surface area (Å²) in [6.07, 6.45) is 2.05. The van der Waals surface area contributed by atoms with Gasteiger partial charge in [0, 0.05) is 65.3 Å². The van der Waals surface area contributed by atoms with Crippen molar-refractivity contribution in [3.8, 4) is 16.8 Å². The van der Waals surface area contributed by atoms with Crippen LogP contribution in [0.5, 0.6) is 0 Å². The van der Waals surface area contributed by atoms with Crippen molar-refractivity contribution in [3.63, 3.8) is 0 Å². The van der Waals surface area contributed by atoms with Crippen LogP contribution in [0, 0.1) is 0 Å². The molecule has 4 heteroatoms. The fourth-order valence-electron chi connectivity index (χ4n) is 7.32. The lowest BCUT2D eigenvalue weighted by Crippen LogP contribution is -2.09. The van der Waals surface area contributed by atoms with Crippen molar-refractivity contribution in [2.75, 3.05) is 4.90 Å². The zero-order valence-electron chi connectivity index (χ0n) is 26.5. The largest absolute Gasteiger partial charge is 0.310 e. The van der Waals surface area contributed by atoms with Crippen LogP contribution in [0.4, 0.5) is 17.1 Å². The Kier molecular flexibility index (Phi) is 6.36. The summed E-state index contributed by atoms with van der Waals surface area (Å²) in [5, 5.41) is 6.08. The first-order valence-electron chi connectivity index (χ1n) is 16.5. The van der Waals surface area contributed by atoms with Gasteiger partial charge in [0.1, 0.15) is 0 Å². The van der Waals surface area contributed by atoms with Crippen LogP contribution >= 0.6 is 11.3 Å². The Morgan fingerprint density at radius 3 is 1.88 bits per heavy atom. The number of fused-ring (bicyclic) bond motifs is 8. The van der Waals surface area contributed by atoms with E-state index in [0.29, 0.717) is 0 Å². The van der Waals surface area contributed by atoms with E-state index >= 15 is 0 Å². The molecule has 3 heterocycles. The normalized spacial score (nSPS) is 11.7. The zero-order chi connectivity index (χ0) is 32.3. The summed E-state index contributed by atoms with van der Waals surface area (Å²) in [6.45, 7) is 0. The predicted octanol–water partition coefficient (Wildman–Crippen LogP) is 12.8. The summed E-state index contributed by atoms with van der Waals surface area (Å²) in [4.78, 5) is 7.23. The van der Waals surface area contributed by atoms with Crippen LogP contribution in [-0.2, 0) is 0 Å². The molecule has 10 aromatic rings. The Labute approximate surface area is 287 Å². The number of anilines is 3. The molecule has 0 aliphatic carbocycles. The molecule has 0 unspecified atom stereocenters. The second kappa shape index (κ2) is 11.2. The molecule has 0 radical (unpaired) electrons. The highest BCUT2D eigenvalue weighted by Gasteiger charge is 2.19. The maximum Gasteiger partial charge on any atom is 0.0716 e. The third kappa shape index (κ3) is 4.53. The Balaban J connectivity index is 1.19. The number of nitrogens with zero attached hydrogens (tertiary/aromatic N) is 3. The molecule has 0 aliphatic heterocycles. The highest BCUT2D eigenvalue weighted by Crippen LogP contribution is 2.44. The molecule has 0 bridgehead atoms.